The third-order valence-electron chi connectivity index (χ3n) is 4.39. The molecule has 2 heterocycles. The van der Waals surface area contributed by atoms with Crippen LogP contribution in [0.4, 0.5) is 0 Å². The highest BCUT2D eigenvalue weighted by molar-refractivity contribution is 14.0. The van der Waals surface area contributed by atoms with Crippen molar-refractivity contribution in [1.29, 1.82) is 0 Å². The van der Waals surface area contributed by atoms with Gasteiger partial charge < -0.3 is 25.2 Å². The van der Waals surface area contributed by atoms with Gasteiger partial charge in [0.15, 0.2) is 5.96 Å². The molecule has 1 aliphatic rings. The predicted octanol–water partition coefficient (Wildman–Crippen LogP) is 2.96. The zero-order valence-electron chi connectivity index (χ0n) is 16.4. The number of hydrogen-bond donors (Lipinski definition) is 3. The molecule has 8 heteroatoms. The topological polar surface area (TPSA) is 75.1 Å². The molecule has 1 atom stereocenters. The summed E-state index contributed by atoms with van der Waals surface area (Å²) in [7, 11) is 0. The van der Waals surface area contributed by atoms with Crippen molar-refractivity contribution in [2.45, 2.75) is 38.7 Å². The SMILES string of the molecule is CCNC(=NCC(C)(O)c1cccs1)NCCCOCC1CCOCC1.I. The van der Waals surface area contributed by atoms with E-state index in [9.17, 15) is 5.11 Å². The minimum absolute atomic E-state index is 0. The first-order valence-corrected chi connectivity index (χ1v) is 10.4. The van der Waals surface area contributed by atoms with Crippen LogP contribution in [-0.4, -0.2) is 57.1 Å². The number of ether oxygens (including phenoxy) is 2. The maximum Gasteiger partial charge on any atom is 0.191 e. The van der Waals surface area contributed by atoms with E-state index >= 15 is 0 Å². The number of rotatable bonds is 10. The molecule has 0 bridgehead atoms. The highest BCUT2D eigenvalue weighted by atomic mass is 127. The lowest BCUT2D eigenvalue weighted by Gasteiger charge is -2.22. The molecular weight excluding hydrogens is 477 g/mol. The quantitative estimate of drug-likeness (QED) is 0.195. The van der Waals surface area contributed by atoms with Crippen molar-refractivity contribution < 1.29 is 14.6 Å². The molecular formula is C19H34IN3O3S. The van der Waals surface area contributed by atoms with Crippen molar-refractivity contribution in [2.24, 2.45) is 10.9 Å². The van der Waals surface area contributed by atoms with Crippen molar-refractivity contribution in [2.75, 3.05) is 46.1 Å². The third kappa shape index (κ3) is 9.56. The molecule has 3 N–H and O–H groups in total. The van der Waals surface area contributed by atoms with Crippen molar-refractivity contribution in [3.63, 3.8) is 0 Å². The highest BCUT2D eigenvalue weighted by Gasteiger charge is 2.23. The summed E-state index contributed by atoms with van der Waals surface area (Å²) in [5.74, 6) is 1.38. The lowest BCUT2D eigenvalue weighted by atomic mass is 10.0. The second-order valence-electron chi connectivity index (χ2n) is 6.86. The fraction of sp³-hybridized carbons (Fsp3) is 0.737. The van der Waals surface area contributed by atoms with Gasteiger partial charge in [0.05, 0.1) is 6.54 Å². The van der Waals surface area contributed by atoms with Gasteiger partial charge in [-0.25, -0.2) is 4.99 Å². The standard InChI is InChI=1S/C19H33N3O3S.HI/c1-3-20-18(22-15-19(2,23)17-6-4-13-26-17)21-9-5-10-25-14-16-7-11-24-12-8-16;/h4,6,13,16,23H,3,5,7-12,14-15H2,1-2H3,(H2,20,21,22);1H. The van der Waals surface area contributed by atoms with Gasteiger partial charge in [-0.1, -0.05) is 6.07 Å². The van der Waals surface area contributed by atoms with E-state index < -0.39 is 5.60 Å². The lowest BCUT2D eigenvalue weighted by molar-refractivity contribution is 0.0203. The van der Waals surface area contributed by atoms with Gasteiger partial charge in [-0.05, 0) is 50.5 Å². The number of halogens is 1. The number of aliphatic imine (C=N–C) groups is 1. The van der Waals surface area contributed by atoms with Gasteiger partial charge in [0.2, 0.25) is 0 Å². The van der Waals surface area contributed by atoms with E-state index in [-0.39, 0.29) is 24.0 Å². The van der Waals surface area contributed by atoms with E-state index in [0.717, 1.165) is 69.6 Å². The Hall–Kier alpha value is -0.420. The van der Waals surface area contributed by atoms with E-state index in [1.807, 2.05) is 24.4 Å². The van der Waals surface area contributed by atoms with Crippen molar-refractivity contribution >= 4 is 41.3 Å². The molecule has 1 unspecified atom stereocenters. The van der Waals surface area contributed by atoms with Crippen LogP contribution >= 0.6 is 35.3 Å². The number of thiophene rings is 1. The second-order valence-corrected chi connectivity index (χ2v) is 7.81. The Bertz CT molecular complexity index is 520. The molecule has 27 heavy (non-hydrogen) atoms. The zero-order valence-corrected chi connectivity index (χ0v) is 19.6. The Morgan fingerprint density at radius 2 is 2.19 bits per heavy atom. The molecule has 2 rings (SSSR count). The summed E-state index contributed by atoms with van der Waals surface area (Å²) in [6, 6.07) is 3.89. The zero-order chi connectivity index (χ0) is 18.7. The molecule has 0 spiro atoms. The molecule has 1 aromatic heterocycles. The first-order valence-electron chi connectivity index (χ1n) is 9.56. The highest BCUT2D eigenvalue weighted by Crippen LogP contribution is 2.25. The number of hydrogen-bond acceptors (Lipinski definition) is 5. The fourth-order valence-corrected chi connectivity index (χ4v) is 3.56. The van der Waals surface area contributed by atoms with Gasteiger partial charge >= 0.3 is 0 Å². The molecule has 0 radical (unpaired) electrons. The number of nitrogens with zero attached hydrogens (tertiary/aromatic N) is 1. The largest absolute Gasteiger partial charge is 0.383 e. The van der Waals surface area contributed by atoms with Crippen molar-refractivity contribution in [3.05, 3.63) is 22.4 Å². The van der Waals surface area contributed by atoms with E-state index in [1.54, 1.807) is 18.3 Å². The summed E-state index contributed by atoms with van der Waals surface area (Å²) in [6.45, 7) is 9.05. The van der Waals surface area contributed by atoms with Crippen LogP contribution in [0, 0.1) is 5.92 Å². The first-order chi connectivity index (χ1) is 12.6. The van der Waals surface area contributed by atoms with Gasteiger partial charge in [0, 0.05) is 44.4 Å². The number of aliphatic hydroxyl groups is 1. The average molecular weight is 511 g/mol. The second kappa shape index (κ2) is 13.7. The summed E-state index contributed by atoms with van der Waals surface area (Å²) in [6.07, 6.45) is 3.15. The number of nitrogens with one attached hydrogen (secondary N) is 2. The van der Waals surface area contributed by atoms with Crippen LogP contribution in [0.5, 0.6) is 0 Å². The van der Waals surface area contributed by atoms with Gasteiger partial charge in [-0.15, -0.1) is 35.3 Å². The normalized spacial score (nSPS) is 17.8. The van der Waals surface area contributed by atoms with Gasteiger partial charge in [0.1, 0.15) is 5.60 Å². The Morgan fingerprint density at radius 1 is 1.41 bits per heavy atom. The molecule has 1 aromatic rings. The maximum absolute atomic E-state index is 10.6. The van der Waals surface area contributed by atoms with E-state index in [4.69, 9.17) is 9.47 Å². The molecule has 0 saturated carbocycles. The predicted molar refractivity (Wildman–Crippen MR) is 122 cm³/mol. The smallest absolute Gasteiger partial charge is 0.191 e. The molecule has 0 amide bonds. The minimum atomic E-state index is -0.941. The average Bonchev–Trinajstić information content (AvgIpc) is 3.19. The molecule has 1 fully saturated rings. The molecule has 0 aliphatic carbocycles. The summed E-state index contributed by atoms with van der Waals surface area (Å²) >= 11 is 1.55. The molecule has 1 aliphatic heterocycles. The molecule has 156 valence electrons. The van der Waals surface area contributed by atoms with Crippen LogP contribution in [0.15, 0.2) is 22.5 Å². The van der Waals surface area contributed by atoms with Crippen LogP contribution < -0.4 is 10.6 Å². The summed E-state index contributed by atoms with van der Waals surface area (Å²) in [5.41, 5.74) is -0.941. The van der Waals surface area contributed by atoms with Gasteiger partial charge in [-0.2, -0.15) is 0 Å². The maximum atomic E-state index is 10.6. The summed E-state index contributed by atoms with van der Waals surface area (Å²) < 4.78 is 11.1. The molecule has 1 saturated heterocycles. The summed E-state index contributed by atoms with van der Waals surface area (Å²) in [5, 5.41) is 19.1. The Morgan fingerprint density at radius 3 is 2.85 bits per heavy atom. The van der Waals surface area contributed by atoms with Gasteiger partial charge in [0.25, 0.3) is 0 Å². The number of guanidine groups is 1. The first kappa shape index (κ1) is 24.6. The molecule has 0 aromatic carbocycles. The lowest BCUT2D eigenvalue weighted by Crippen LogP contribution is -2.39. The van der Waals surface area contributed by atoms with E-state index in [2.05, 4.69) is 15.6 Å². The third-order valence-corrected chi connectivity index (χ3v) is 5.52. The molecule has 6 nitrogen and oxygen atoms in total. The Kier molecular flexibility index (Phi) is 12.5. The van der Waals surface area contributed by atoms with Crippen LogP contribution in [0.2, 0.25) is 0 Å². The summed E-state index contributed by atoms with van der Waals surface area (Å²) in [4.78, 5) is 5.46. The Balaban J connectivity index is 0.00000364. The van der Waals surface area contributed by atoms with Crippen molar-refractivity contribution in [1.82, 2.24) is 10.6 Å². The van der Waals surface area contributed by atoms with E-state index in [1.165, 1.54) is 0 Å². The minimum Gasteiger partial charge on any atom is -0.383 e. The fourth-order valence-electron chi connectivity index (χ4n) is 2.78. The van der Waals surface area contributed by atoms with E-state index in [0.29, 0.717) is 12.5 Å². The van der Waals surface area contributed by atoms with Crippen molar-refractivity contribution in [3.8, 4) is 0 Å². The monoisotopic (exact) mass is 511 g/mol. The Labute approximate surface area is 184 Å². The van der Waals surface area contributed by atoms with Crippen LogP contribution in [0.1, 0.15) is 38.0 Å². The van der Waals surface area contributed by atoms with Crippen LogP contribution in [-0.2, 0) is 15.1 Å². The van der Waals surface area contributed by atoms with Gasteiger partial charge in [-0.3, -0.25) is 0 Å². The van der Waals surface area contributed by atoms with Crippen LogP contribution in [0.3, 0.4) is 0 Å². The van der Waals surface area contributed by atoms with Crippen LogP contribution in [0.25, 0.3) is 0 Å².